The highest BCUT2D eigenvalue weighted by atomic mass is 35.5. The molecule has 0 aromatic heterocycles. The number of hydrogen-bond donors (Lipinski definition) is 1. The summed E-state index contributed by atoms with van der Waals surface area (Å²) in [7, 11) is 0. The van der Waals surface area contributed by atoms with Crippen molar-refractivity contribution in [3.05, 3.63) is 65.2 Å². The minimum Gasteiger partial charge on any atom is -0.383 e. The smallest absolute Gasteiger partial charge is 0.267 e. The number of carbonyl (C=O) groups excluding carboxylic acids is 1. The zero-order valence-electron chi connectivity index (χ0n) is 11.5. The summed E-state index contributed by atoms with van der Waals surface area (Å²) < 4.78 is 0. The first-order valence-electron chi connectivity index (χ1n) is 6.46. The number of amides is 1. The van der Waals surface area contributed by atoms with Crippen molar-refractivity contribution < 1.29 is 9.63 Å². The first-order valence-corrected chi connectivity index (χ1v) is 6.83. The van der Waals surface area contributed by atoms with E-state index in [4.69, 9.17) is 16.4 Å². The third kappa shape index (κ3) is 4.93. The highest BCUT2D eigenvalue weighted by Crippen LogP contribution is 2.09. The summed E-state index contributed by atoms with van der Waals surface area (Å²) in [5.41, 5.74) is 1.56. The number of para-hydroxylation sites is 1. The first-order chi connectivity index (χ1) is 10.1. The van der Waals surface area contributed by atoms with Crippen LogP contribution < -0.4 is 5.32 Å². The molecule has 0 spiro atoms. The van der Waals surface area contributed by atoms with Gasteiger partial charge in [-0.2, -0.15) is 0 Å². The van der Waals surface area contributed by atoms with E-state index in [9.17, 15) is 4.79 Å². The van der Waals surface area contributed by atoms with Crippen molar-refractivity contribution >= 4 is 29.4 Å². The number of hydrogen-bond acceptors (Lipinski definition) is 3. The molecule has 0 fully saturated rings. The molecule has 1 atom stereocenters. The van der Waals surface area contributed by atoms with Crippen molar-refractivity contribution in [1.82, 2.24) is 0 Å². The Labute approximate surface area is 128 Å². The minimum absolute atomic E-state index is 0.255. The number of oxime groups is 1. The molecule has 0 bridgehead atoms. The van der Waals surface area contributed by atoms with Gasteiger partial charge in [0.25, 0.3) is 5.91 Å². The van der Waals surface area contributed by atoms with Crippen LogP contribution in [0.15, 0.2) is 59.8 Å². The number of rotatable bonds is 5. The van der Waals surface area contributed by atoms with Crippen molar-refractivity contribution in [2.45, 2.75) is 13.0 Å². The van der Waals surface area contributed by atoms with Crippen LogP contribution in [0.25, 0.3) is 0 Å². The molecule has 1 amide bonds. The molecule has 2 aromatic carbocycles. The second kappa shape index (κ2) is 7.45. The standard InChI is InChI=1S/C16H15ClN2O2/c1-12(16(20)19-15-5-3-2-4-6-15)21-18-11-13-7-9-14(17)10-8-13/h2-12H,1H3,(H,19,20)/b18-11-/t12-/m0/s1. The quantitative estimate of drug-likeness (QED) is 0.676. The maximum absolute atomic E-state index is 11.9. The zero-order chi connectivity index (χ0) is 15.1. The van der Waals surface area contributed by atoms with Crippen molar-refractivity contribution in [3.63, 3.8) is 0 Å². The fraction of sp³-hybridized carbons (Fsp3) is 0.125. The average molecular weight is 303 g/mol. The van der Waals surface area contributed by atoms with E-state index < -0.39 is 6.10 Å². The van der Waals surface area contributed by atoms with Gasteiger partial charge >= 0.3 is 0 Å². The maximum Gasteiger partial charge on any atom is 0.267 e. The highest BCUT2D eigenvalue weighted by molar-refractivity contribution is 6.30. The van der Waals surface area contributed by atoms with Crippen LogP contribution in [0.4, 0.5) is 5.69 Å². The minimum atomic E-state index is -0.686. The van der Waals surface area contributed by atoms with Crippen LogP contribution in [-0.4, -0.2) is 18.2 Å². The lowest BCUT2D eigenvalue weighted by molar-refractivity contribution is -0.126. The molecule has 0 radical (unpaired) electrons. The Morgan fingerprint density at radius 1 is 1.19 bits per heavy atom. The summed E-state index contributed by atoms with van der Waals surface area (Å²) in [5, 5.41) is 7.20. The molecule has 5 heteroatoms. The molecule has 0 saturated heterocycles. The molecule has 0 aliphatic carbocycles. The van der Waals surface area contributed by atoms with E-state index in [2.05, 4.69) is 10.5 Å². The van der Waals surface area contributed by atoms with Crippen molar-refractivity contribution in [1.29, 1.82) is 0 Å². The number of nitrogens with zero attached hydrogens (tertiary/aromatic N) is 1. The SMILES string of the molecule is C[C@H](O/N=C\c1ccc(Cl)cc1)C(=O)Nc1ccccc1. The van der Waals surface area contributed by atoms with Crippen LogP contribution >= 0.6 is 11.6 Å². The van der Waals surface area contributed by atoms with E-state index in [1.165, 1.54) is 6.21 Å². The van der Waals surface area contributed by atoms with E-state index in [0.29, 0.717) is 5.02 Å². The molecule has 108 valence electrons. The maximum atomic E-state index is 11.9. The fourth-order valence-electron chi connectivity index (χ4n) is 1.54. The van der Waals surface area contributed by atoms with E-state index >= 15 is 0 Å². The Kier molecular flexibility index (Phi) is 5.35. The normalized spacial score (nSPS) is 12.1. The van der Waals surface area contributed by atoms with Crippen molar-refractivity contribution in [2.24, 2.45) is 5.16 Å². The summed E-state index contributed by atoms with van der Waals surface area (Å²) >= 11 is 5.79. The molecule has 2 aromatic rings. The number of benzene rings is 2. The molecule has 4 nitrogen and oxygen atoms in total. The van der Waals surface area contributed by atoms with Gasteiger partial charge in [-0.25, -0.2) is 0 Å². The van der Waals surface area contributed by atoms with E-state index in [1.807, 2.05) is 42.5 Å². The fourth-order valence-corrected chi connectivity index (χ4v) is 1.67. The Morgan fingerprint density at radius 2 is 1.86 bits per heavy atom. The second-order valence-corrected chi connectivity index (χ2v) is 4.83. The Balaban J connectivity index is 1.85. The summed E-state index contributed by atoms with van der Waals surface area (Å²) in [6, 6.07) is 16.3. The molecule has 1 N–H and O–H groups in total. The van der Waals surface area contributed by atoms with Crippen LogP contribution in [0.5, 0.6) is 0 Å². The molecular formula is C16H15ClN2O2. The highest BCUT2D eigenvalue weighted by Gasteiger charge is 2.13. The lowest BCUT2D eigenvalue weighted by atomic mass is 10.2. The van der Waals surface area contributed by atoms with Crippen molar-refractivity contribution in [2.75, 3.05) is 5.32 Å². The Morgan fingerprint density at radius 3 is 2.52 bits per heavy atom. The lowest BCUT2D eigenvalue weighted by Gasteiger charge is -2.10. The van der Waals surface area contributed by atoms with Crippen LogP contribution in [-0.2, 0) is 9.63 Å². The second-order valence-electron chi connectivity index (χ2n) is 4.39. The molecule has 0 aliphatic rings. The Hall–Kier alpha value is -2.33. The molecule has 2 rings (SSSR count). The number of nitrogens with one attached hydrogen (secondary N) is 1. The number of carbonyl (C=O) groups is 1. The first kappa shape index (κ1) is 15.1. The van der Waals surface area contributed by atoms with Gasteiger partial charge in [0.15, 0.2) is 0 Å². The van der Waals surface area contributed by atoms with Gasteiger partial charge in [0.2, 0.25) is 6.10 Å². The van der Waals surface area contributed by atoms with Gasteiger partial charge in [-0.3, -0.25) is 4.79 Å². The summed E-state index contributed by atoms with van der Waals surface area (Å²) in [5.74, 6) is -0.255. The average Bonchev–Trinajstić information content (AvgIpc) is 2.50. The molecule has 0 saturated carbocycles. The van der Waals surface area contributed by atoms with Crippen molar-refractivity contribution in [3.8, 4) is 0 Å². The monoisotopic (exact) mass is 302 g/mol. The van der Waals surface area contributed by atoms with Gasteiger partial charge in [-0.15, -0.1) is 0 Å². The third-order valence-electron chi connectivity index (χ3n) is 2.70. The van der Waals surface area contributed by atoms with Gasteiger partial charge < -0.3 is 10.2 Å². The summed E-state index contributed by atoms with van der Waals surface area (Å²) in [4.78, 5) is 17.0. The molecular weight excluding hydrogens is 288 g/mol. The topological polar surface area (TPSA) is 50.7 Å². The molecule has 0 aliphatic heterocycles. The largest absolute Gasteiger partial charge is 0.383 e. The molecule has 0 unspecified atom stereocenters. The van der Waals surface area contributed by atoms with Gasteiger partial charge in [-0.05, 0) is 36.8 Å². The lowest BCUT2D eigenvalue weighted by Crippen LogP contribution is -2.26. The van der Waals surface area contributed by atoms with Gasteiger partial charge in [0, 0.05) is 10.7 Å². The Bertz CT molecular complexity index is 612. The van der Waals surface area contributed by atoms with Gasteiger partial charge in [0.05, 0.1) is 6.21 Å². The molecule has 21 heavy (non-hydrogen) atoms. The molecule has 0 heterocycles. The van der Waals surface area contributed by atoms with Crippen LogP contribution in [0.2, 0.25) is 5.02 Å². The predicted molar refractivity (Wildman–Crippen MR) is 84.7 cm³/mol. The van der Waals surface area contributed by atoms with Crippen LogP contribution in [0.3, 0.4) is 0 Å². The van der Waals surface area contributed by atoms with E-state index in [0.717, 1.165) is 11.3 Å². The van der Waals surface area contributed by atoms with E-state index in [1.54, 1.807) is 19.1 Å². The number of halogens is 1. The zero-order valence-corrected chi connectivity index (χ0v) is 12.2. The third-order valence-corrected chi connectivity index (χ3v) is 2.95. The van der Waals surface area contributed by atoms with Crippen LogP contribution in [0, 0.1) is 0 Å². The van der Waals surface area contributed by atoms with E-state index in [-0.39, 0.29) is 5.91 Å². The van der Waals surface area contributed by atoms with Gasteiger partial charge in [-0.1, -0.05) is 47.1 Å². The summed E-state index contributed by atoms with van der Waals surface area (Å²) in [6.07, 6.45) is 0.844. The predicted octanol–water partition coefficient (Wildman–Crippen LogP) is 3.72. The van der Waals surface area contributed by atoms with Crippen LogP contribution in [0.1, 0.15) is 12.5 Å². The summed E-state index contributed by atoms with van der Waals surface area (Å²) in [6.45, 7) is 1.64. The number of anilines is 1. The van der Waals surface area contributed by atoms with Gasteiger partial charge in [0.1, 0.15) is 0 Å².